The highest BCUT2D eigenvalue weighted by atomic mass is 16.4. The van der Waals surface area contributed by atoms with Crippen molar-refractivity contribution in [3.8, 4) is 0 Å². The highest BCUT2D eigenvalue weighted by Gasteiger charge is 2.23. The van der Waals surface area contributed by atoms with E-state index < -0.39 is 6.09 Å². The van der Waals surface area contributed by atoms with Crippen molar-refractivity contribution in [2.24, 2.45) is 5.92 Å². The van der Waals surface area contributed by atoms with Crippen LogP contribution in [0.4, 0.5) is 15.4 Å². The van der Waals surface area contributed by atoms with E-state index >= 15 is 0 Å². The molecule has 1 aliphatic rings. The molecule has 0 spiro atoms. The van der Waals surface area contributed by atoms with E-state index in [1.807, 2.05) is 0 Å². The molecule has 3 rings (SSSR count). The summed E-state index contributed by atoms with van der Waals surface area (Å²) in [7, 11) is 0. The van der Waals surface area contributed by atoms with Crippen LogP contribution in [0.2, 0.25) is 0 Å². The van der Waals surface area contributed by atoms with Crippen molar-refractivity contribution in [1.82, 2.24) is 25.2 Å². The molecule has 0 radical (unpaired) electrons. The first-order valence-electron chi connectivity index (χ1n) is 7.44. The van der Waals surface area contributed by atoms with Crippen LogP contribution in [0.3, 0.4) is 0 Å². The predicted octanol–water partition coefficient (Wildman–Crippen LogP) is 1.47. The van der Waals surface area contributed by atoms with E-state index in [1.165, 1.54) is 11.1 Å². The zero-order valence-corrected chi connectivity index (χ0v) is 12.5. The third-order valence-corrected chi connectivity index (χ3v) is 3.84. The Labute approximate surface area is 132 Å². The maximum atomic E-state index is 11.9. The molecule has 0 aromatic carbocycles. The number of aromatic amines is 1. The number of nitrogens with zero attached hydrogens (tertiary/aromatic N) is 3. The number of H-pyrrole nitrogens is 1. The summed E-state index contributed by atoms with van der Waals surface area (Å²) in [5.41, 5.74) is 1.33. The minimum atomic E-state index is -0.908. The molecule has 0 bridgehead atoms. The summed E-state index contributed by atoms with van der Waals surface area (Å²) in [6, 6.07) is 1.40. The second-order valence-electron chi connectivity index (χ2n) is 5.54. The smallest absolute Gasteiger partial charge is 0.407 e. The number of fused-ring (bicyclic) bond motifs is 1. The Morgan fingerprint density at radius 1 is 1.48 bits per heavy atom. The molecule has 3 amide bonds. The first-order valence-corrected chi connectivity index (χ1v) is 7.44. The van der Waals surface area contributed by atoms with Gasteiger partial charge in [0.15, 0.2) is 11.5 Å². The van der Waals surface area contributed by atoms with Gasteiger partial charge in [0, 0.05) is 25.8 Å². The van der Waals surface area contributed by atoms with Crippen LogP contribution in [0.5, 0.6) is 0 Å². The quantitative estimate of drug-likeness (QED) is 0.682. The summed E-state index contributed by atoms with van der Waals surface area (Å²) in [5, 5.41) is 14.4. The normalized spacial score (nSPS) is 17.9. The van der Waals surface area contributed by atoms with E-state index in [0.29, 0.717) is 36.6 Å². The number of piperidine rings is 1. The van der Waals surface area contributed by atoms with Crippen molar-refractivity contribution in [3.63, 3.8) is 0 Å². The zero-order chi connectivity index (χ0) is 16.2. The van der Waals surface area contributed by atoms with Crippen molar-refractivity contribution in [2.75, 3.05) is 25.0 Å². The molecule has 122 valence electrons. The number of aromatic nitrogens is 3. The molecule has 1 aliphatic heterocycles. The second-order valence-corrected chi connectivity index (χ2v) is 5.54. The number of hydrogen-bond donors (Lipinski definition) is 4. The summed E-state index contributed by atoms with van der Waals surface area (Å²) in [6.45, 7) is 1.43. The van der Waals surface area contributed by atoms with Crippen LogP contribution in [0.25, 0.3) is 11.2 Å². The largest absolute Gasteiger partial charge is 0.465 e. The van der Waals surface area contributed by atoms with Gasteiger partial charge in [-0.25, -0.2) is 19.6 Å². The van der Waals surface area contributed by atoms with Crippen molar-refractivity contribution in [3.05, 3.63) is 18.5 Å². The number of carbonyl (C=O) groups excluding carboxylic acids is 1. The molecular weight excluding hydrogens is 300 g/mol. The fraction of sp³-hybridized carbons (Fsp3) is 0.429. The molecule has 1 atom stereocenters. The van der Waals surface area contributed by atoms with Gasteiger partial charge in [-0.2, -0.15) is 0 Å². The molecule has 9 heteroatoms. The average molecular weight is 318 g/mol. The maximum Gasteiger partial charge on any atom is 0.407 e. The summed E-state index contributed by atoms with van der Waals surface area (Å²) in [4.78, 5) is 35.6. The molecule has 2 aromatic heterocycles. The lowest BCUT2D eigenvalue weighted by Crippen LogP contribution is -2.43. The third kappa shape index (κ3) is 3.68. The van der Waals surface area contributed by atoms with Crippen LogP contribution in [-0.4, -0.2) is 56.7 Å². The number of urea groups is 1. The van der Waals surface area contributed by atoms with Gasteiger partial charge in [0.05, 0.1) is 6.20 Å². The molecule has 0 saturated carbocycles. The van der Waals surface area contributed by atoms with Crippen LogP contribution < -0.4 is 10.6 Å². The molecule has 4 N–H and O–H groups in total. The Kier molecular flexibility index (Phi) is 4.26. The number of carbonyl (C=O) groups is 2. The van der Waals surface area contributed by atoms with Gasteiger partial charge in [0.2, 0.25) is 0 Å². The SMILES string of the molecule is O=C(NCC1CCCN(C(=O)O)C1)Nc1cnc2[nH]ccc2n1. The number of amides is 3. The number of nitrogens with one attached hydrogen (secondary N) is 3. The Balaban J connectivity index is 1.50. The van der Waals surface area contributed by atoms with Crippen LogP contribution in [0.15, 0.2) is 18.5 Å². The number of anilines is 1. The molecule has 1 saturated heterocycles. The predicted molar refractivity (Wildman–Crippen MR) is 83.2 cm³/mol. The van der Waals surface area contributed by atoms with Gasteiger partial charge in [0.1, 0.15) is 5.52 Å². The van der Waals surface area contributed by atoms with Gasteiger partial charge in [0.25, 0.3) is 0 Å². The lowest BCUT2D eigenvalue weighted by Gasteiger charge is -2.30. The molecule has 1 fully saturated rings. The summed E-state index contributed by atoms with van der Waals surface area (Å²) in [6.07, 6.45) is 4.01. The van der Waals surface area contributed by atoms with E-state index in [2.05, 4.69) is 25.6 Å². The van der Waals surface area contributed by atoms with E-state index in [0.717, 1.165) is 12.8 Å². The number of rotatable bonds is 3. The molecule has 3 heterocycles. The Bertz CT molecular complexity index is 715. The zero-order valence-electron chi connectivity index (χ0n) is 12.5. The minimum absolute atomic E-state index is 0.129. The molecule has 0 aliphatic carbocycles. The van der Waals surface area contributed by atoms with Gasteiger partial charge < -0.3 is 20.3 Å². The van der Waals surface area contributed by atoms with Crippen LogP contribution >= 0.6 is 0 Å². The van der Waals surface area contributed by atoms with Gasteiger partial charge in [-0.1, -0.05) is 0 Å². The van der Waals surface area contributed by atoms with Crippen molar-refractivity contribution in [1.29, 1.82) is 0 Å². The van der Waals surface area contributed by atoms with E-state index in [9.17, 15) is 9.59 Å². The molecule has 23 heavy (non-hydrogen) atoms. The maximum absolute atomic E-state index is 11.9. The molecule has 9 nitrogen and oxygen atoms in total. The van der Waals surface area contributed by atoms with Gasteiger partial charge >= 0.3 is 12.1 Å². The fourth-order valence-corrected chi connectivity index (χ4v) is 2.69. The second kappa shape index (κ2) is 6.51. The first kappa shape index (κ1) is 15.1. The van der Waals surface area contributed by atoms with Crippen molar-refractivity contribution >= 4 is 29.1 Å². The number of carboxylic acid groups (broad SMARTS) is 1. The van der Waals surface area contributed by atoms with Crippen LogP contribution in [0.1, 0.15) is 12.8 Å². The fourth-order valence-electron chi connectivity index (χ4n) is 2.69. The summed E-state index contributed by atoms with van der Waals surface area (Å²) < 4.78 is 0. The third-order valence-electron chi connectivity index (χ3n) is 3.84. The number of likely N-dealkylation sites (tertiary alicyclic amines) is 1. The summed E-state index contributed by atoms with van der Waals surface area (Å²) in [5.74, 6) is 0.495. The van der Waals surface area contributed by atoms with Gasteiger partial charge in [-0.15, -0.1) is 0 Å². The molecule has 2 aromatic rings. The van der Waals surface area contributed by atoms with Crippen LogP contribution in [0, 0.1) is 5.92 Å². The highest BCUT2D eigenvalue weighted by molar-refractivity contribution is 5.89. The minimum Gasteiger partial charge on any atom is -0.465 e. The lowest BCUT2D eigenvalue weighted by atomic mass is 9.98. The van der Waals surface area contributed by atoms with Crippen molar-refractivity contribution < 1.29 is 14.7 Å². The monoisotopic (exact) mass is 318 g/mol. The molecule has 1 unspecified atom stereocenters. The number of hydrogen-bond acceptors (Lipinski definition) is 4. The van der Waals surface area contributed by atoms with E-state index in [1.54, 1.807) is 12.3 Å². The van der Waals surface area contributed by atoms with Gasteiger partial charge in [-0.05, 0) is 24.8 Å². The Morgan fingerprint density at radius 3 is 3.17 bits per heavy atom. The van der Waals surface area contributed by atoms with Crippen LogP contribution in [-0.2, 0) is 0 Å². The first-order chi connectivity index (χ1) is 11.1. The van der Waals surface area contributed by atoms with E-state index in [4.69, 9.17) is 5.11 Å². The standard InChI is InChI=1S/C14H18N6O3/c21-13(17-6-9-2-1-5-20(8-9)14(22)23)19-11-7-16-12-10(18-11)3-4-15-12/h3-4,7,9H,1-2,5-6,8H2,(H,15,16)(H,22,23)(H2,17,18,19,21). The van der Waals surface area contributed by atoms with Crippen molar-refractivity contribution in [2.45, 2.75) is 12.8 Å². The topological polar surface area (TPSA) is 123 Å². The Hall–Kier alpha value is -2.84. The highest BCUT2D eigenvalue weighted by Crippen LogP contribution is 2.16. The summed E-state index contributed by atoms with van der Waals surface area (Å²) >= 11 is 0. The van der Waals surface area contributed by atoms with E-state index in [-0.39, 0.29) is 11.9 Å². The average Bonchev–Trinajstić information content (AvgIpc) is 3.01. The lowest BCUT2D eigenvalue weighted by molar-refractivity contribution is 0.120. The van der Waals surface area contributed by atoms with Gasteiger partial charge in [-0.3, -0.25) is 5.32 Å². The molecular formula is C14H18N6O3. The Morgan fingerprint density at radius 2 is 2.35 bits per heavy atom.